The fourth-order valence-electron chi connectivity index (χ4n) is 9.83. The number of carbonyl (C=O) groups is 2. The lowest BCUT2D eigenvalue weighted by Gasteiger charge is -2.27. The van der Waals surface area contributed by atoms with Gasteiger partial charge >= 0.3 is 13.8 Å². The molecule has 0 saturated carbocycles. The molecule has 0 aromatic heterocycles. The third-order valence-electron chi connectivity index (χ3n) is 15.0. The zero-order valence-corrected chi connectivity index (χ0v) is 53.3. The SMILES string of the molecule is CCCCC/C=C\C/C=C\C/C=C\CCCCCCCCC(=O)NC(COP(=O)(O)OCC[N+](C)(C)C)C(/C=C/CCCCCCCCCCCC)OC(=O)CCCCCCCCCCCCCCCCCCCCCCC. The van der Waals surface area contributed by atoms with Gasteiger partial charge in [-0.25, -0.2) is 4.57 Å². The lowest BCUT2D eigenvalue weighted by atomic mass is 10.0. The van der Waals surface area contributed by atoms with Crippen LogP contribution in [0.5, 0.6) is 0 Å². The molecule has 0 bridgehead atoms. The largest absolute Gasteiger partial charge is 0.472 e. The Hall–Kier alpha value is -2.03. The smallest absolute Gasteiger partial charge is 0.456 e. The van der Waals surface area contributed by atoms with Crippen molar-refractivity contribution in [3.05, 3.63) is 48.6 Å². The number of nitrogens with zero attached hydrogens (tertiary/aromatic N) is 1. The molecular weight excluding hydrogens is 988 g/mol. The van der Waals surface area contributed by atoms with Gasteiger partial charge in [0.15, 0.2) is 0 Å². The number of quaternary nitrogens is 1. The van der Waals surface area contributed by atoms with Crippen LogP contribution in [0.2, 0.25) is 0 Å². The molecule has 0 fully saturated rings. The Morgan fingerprint density at radius 1 is 0.449 bits per heavy atom. The van der Waals surface area contributed by atoms with Gasteiger partial charge in [0.1, 0.15) is 19.3 Å². The molecule has 3 unspecified atom stereocenters. The van der Waals surface area contributed by atoms with E-state index in [1.165, 1.54) is 205 Å². The van der Waals surface area contributed by atoms with Crippen molar-refractivity contribution in [2.75, 3.05) is 40.9 Å². The standard InChI is InChI=1S/C68H129N2O7P/c1-7-10-13-16-19-22-25-28-30-32-34-35-37-39-41-43-46-49-52-55-58-61-68(72)77-66(59-56-53-50-47-44-27-24-21-18-15-12-9-3)65(64-76-78(73,74)75-63-62-70(4,5)6)69-67(71)60-57-54-51-48-45-42-40-38-36-33-31-29-26-23-20-17-14-11-8-2/h20,23,29,31,36,38,56,59,65-66H,7-19,21-22,24-28,30,32-35,37,39-55,57-58,60-64H2,1-6H3,(H-,69,71,73,74)/p+1/b23-20-,31-29-,38-36-,59-56+. The number of rotatable bonds is 61. The maximum Gasteiger partial charge on any atom is 0.472 e. The van der Waals surface area contributed by atoms with Crippen molar-refractivity contribution in [1.82, 2.24) is 5.32 Å². The highest BCUT2D eigenvalue weighted by molar-refractivity contribution is 7.47. The second kappa shape index (κ2) is 58.2. The minimum atomic E-state index is -4.45. The number of nitrogens with one attached hydrogen (secondary N) is 1. The first kappa shape index (κ1) is 76.0. The molecule has 10 heteroatoms. The second-order valence-corrected chi connectivity index (χ2v) is 25.5. The topological polar surface area (TPSA) is 111 Å². The summed E-state index contributed by atoms with van der Waals surface area (Å²) in [5.74, 6) is -0.506. The summed E-state index contributed by atoms with van der Waals surface area (Å²) >= 11 is 0. The molecule has 0 saturated heterocycles. The number of likely N-dealkylation sites (N-methyl/N-ethyl adjacent to an activating group) is 1. The monoisotopic (exact) mass is 1120 g/mol. The van der Waals surface area contributed by atoms with Crippen molar-refractivity contribution in [3.8, 4) is 0 Å². The molecule has 0 aromatic carbocycles. The minimum Gasteiger partial charge on any atom is -0.456 e. The molecule has 9 nitrogen and oxygen atoms in total. The zero-order chi connectivity index (χ0) is 57.2. The number of esters is 1. The Bertz CT molecular complexity index is 1470. The Balaban J connectivity index is 5.16. The molecule has 0 spiro atoms. The number of unbranched alkanes of at least 4 members (excludes halogenated alkanes) is 39. The van der Waals surface area contributed by atoms with Gasteiger partial charge in [-0.1, -0.05) is 288 Å². The van der Waals surface area contributed by atoms with Gasteiger partial charge in [0.2, 0.25) is 5.91 Å². The van der Waals surface area contributed by atoms with E-state index in [1.54, 1.807) is 0 Å². The Kier molecular flexibility index (Phi) is 56.7. The van der Waals surface area contributed by atoms with Crippen LogP contribution in [0.25, 0.3) is 0 Å². The maximum atomic E-state index is 13.6. The van der Waals surface area contributed by atoms with Crippen LogP contribution in [0.4, 0.5) is 0 Å². The maximum absolute atomic E-state index is 13.6. The molecule has 0 aliphatic heterocycles. The van der Waals surface area contributed by atoms with E-state index in [0.717, 1.165) is 83.5 Å². The number of phosphoric acid groups is 1. The fourth-order valence-corrected chi connectivity index (χ4v) is 10.6. The molecule has 0 aromatic rings. The molecule has 0 rings (SSSR count). The number of phosphoric ester groups is 1. The van der Waals surface area contributed by atoms with Gasteiger partial charge in [-0.05, 0) is 70.3 Å². The van der Waals surface area contributed by atoms with Crippen LogP contribution < -0.4 is 5.32 Å². The number of hydrogen-bond acceptors (Lipinski definition) is 6. The van der Waals surface area contributed by atoms with Crippen molar-refractivity contribution in [2.24, 2.45) is 0 Å². The molecule has 1 amide bonds. The summed E-state index contributed by atoms with van der Waals surface area (Å²) in [6.07, 6.45) is 72.5. The summed E-state index contributed by atoms with van der Waals surface area (Å²) in [4.78, 5) is 37.8. The average Bonchev–Trinajstić information content (AvgIpc) is 3.40. The van der Waals surface area contributed by atoms with E-state index in [0.29, 0.717) is 23.9 Å². The van der Waals surface area contributed by atoms with Crippen LogP contribution in [0.15, 0.2) is 48.6 Å². The van der Waals surface area contributed by atoms with Gasteiger partial charge < -0.3 is 19.4 Å². The summed E-state index contributed by atoms with van der Waals surface area (Å²) in [6, 6.07) is -0.853. The van der Waals surface area contributed by atoms with Crippen molar-refractivity contribution in [2.45, 2.75) is 335 Å². The van der Waals surface area contributed by atoms with E-state index < -0.39 is 20.0 Å². The summed E-state index contributed by atoms with van der Waals surface area (Å²) in [7, 11) is 1.50. The van der Waals surface area contributed by atoms with Crippen LogP contribution >= 0.6 is 7.82 Å². The highest BCUT2D eigenvalue weighted by Crippen LogP contribution is 2.43. The number of ether oxygens (including phenoxy) is 1. The molecule has 0 aliphatic rings. The van der Waals surface area contributed by atoms with Crippen molar-refractivity contribution in [3.63, 3.8) is 0 Å². The summed E-state index contributed by atoms with van der Waals surface area (Å²) in [5.41, 5.74) is 0. The molecule has 78 heavy (non-hydrogen) atoms. The van der Waals surface area contributed by atoms with Gasteiger partial charge in [0.25, 0.3) is 0 Å². The van der Waals surface area contributed by atoms with Gasteiger partial charge in [-0.2, -0.15) is 0 Å². The third-order valence-corrected chi connectivity index (χ3v) is 16.0. The molecular formula is C68H130N2O7P+. The van der Waals surface area contributed by atoms with Crippen LogP contribution in [0.1, 0.15) is 323 Å². The summed E-state index contributed by atoms with van der Waals surface area (Å²) in [6.45, 7) is 7.02. The Morgan fingerprint density at radius 3 is 1.19 bits per heavy atom. The molecule has 3 atom stereocenters. The second-order valence-electron chi connectivity index (χ2n) is 24.0. The molecule has 0 radical (unpaired) electrons. The van der Waals surface area contributed by atoms with Crippen LogP contribution in [0, 0.1) is 0 Å². The molecule has 2 N–H and O–H groups in total. The van der Waals surface area contributed by atoms with Crippen molar-refractivity contribution >= 4 is 19.7 Å². The first-order chi connectivity index (χ1) is 37.9. The van der Waals surface area contributed by atoms with E-state index in [-0.39, 0.29) is 25.1 Å². The number of carbonyl (C=O) groups excluding carboxylic acids is 2. The summed E-state index contributed by atoms with van der Waals surface area (Å²) in [5, 5.41) is 3.06. The van der Waals surface area contributed by atoms with Gasteiger partial charge in [0.05, 0.1) is 33.8 Å². The van der Waals surface area contributed by atoms with Crippen LogP contribution in [-0.4, -0.2) is 74.3 Å². The van der Waals surface area contributed by atoms with E-state index >= 15 is 0 Å². The number of hydrogen-bond donors (Lipinski definition) is 2. The van der Waals surface area contributed by atoms with E-state index in [4.69, 9.17) is 13.8 Å². The van der Waals surface area contributed by atoms with Crippen molar-refractivity contribution in [1.29, 1.82) is 0 Å². The van der Waals surface area contributed by atoms with Gasteiger partial charge in [-0.3, -0.25) is 18.6 Å². The number of amides is 1. The zero-order valence-electron chi connectivity index (χ0n) is 52.4. The first-order valence-corrected chi connectivity index (χ1v) is 35.0. The van der Waals surface area contributed by atoms with Crippen LogP contribution in [-0.2, 0) is 27.9 Å². The predicted molar refractivity (Wildman–Crippen MR) is 337 cm³/mol. The van der Waals surface area contributed by atoms with E-state index in [1.807, 2.05) is 33.3 Å². The molecule has 0 aliphatic carbocycles. The lowest BCUT2D eigenvalue weighted by Crippen LogP contribution is -2.47. The van der Waals surface area contributed by atoms with Crippen LogP contribution in [0.3, 0.4) is 0 Å². The highest BCUT2D eigenvalue weighted by Gasteiger charge is 2.30. The van der Waals surface area contributed by atoms with E-state index in [9.17, 15) is 19.0 Å². The third kappa shape index (κ3) is 58.6. The normalized spacial score (nSPS) is 13.9. The number of allylic oxidation sites excluding steroid dienone is 7. The molecule has 458 valence electrons. The quantitative estimate of drug-likeness (QED) is 0.0205. The van der Waals surface area contributed by atoms with Gasteiger partial charge in [-0.15, -0.1) is 0 Å². The Morgan fingerprint density at radius 2 is 0.782 bits per heavy atom. The average molecular weight is 1120 g/mol. The van der Waals surface area contributed by atoms with Crippen molar-refractivity contribution < 1.29 is 37.3 Å². The predicted octanol–water partition coefficient (Wildman–Crippen LogP) is 20.8. The molecule has 0 heterocycles. The minimum absolute atomic E-state index is 0.0385. The Labute approximate surface area is 484 Å². The first-order valence-electron chi connectivity index (χ1n) is 33.5. The van der Waals surface area contributed by atoms with E-state index in [2.05, 4.69) is 62.5 Å². The lowest BCUT2D eigenvalue weighted by molar-refractivity contribution is -0.870. The van der Waals surface area contributed by atoms with Gasteiger partial charge in [0, 0.05) is 12.8 Å². The highest BCUT2D eigenvalue weighted by atomic mass is 31.2. The fraction of sp³-hybridized carbons (Fsp3) is 0.853. The summed E-state index contributed by atoms with van der Waals surface area (Å²) < 4.78 is 30.8.